The molecule has 5 aromatic rings. The normalized spacial score (nSPS) is 20.1. The van der Waals surface area contributed by atoms with Crippen molar-refractivity contribution in [2.45, 2.75) is 17.8 Å². The molecule has 0 bridgehead atoms. The van der Waals surface area contributed by atoms with E-state index in [-0.39, 0.29) is 0 Å². The Bertz CT molecular complexity index is 1770. The SMILES string of the molecule is Clc1cccc2c1C1(c3ccccc3-2)c2ccccc2-c2c(C3C=CC=CC3)sc(-c3ccccc3)c21. The van der Waals surface area contributed by atoms with Crippen LogP contribution in [0.1, 0.15) is 39.5 Å². The summed E-state index contributed by atoms with van der Waals surface area (Å²) in [4.78, 5) is 2.81. The summed E-state index contributed by atoms with van der Waals surface area (Å²) in [5, 5.41) is 0.837. The maximum atomic E-state index is 7.20. The second kappa shape index (κ2) is 7.92. The third-order valence-electron chi connectivity index (χ3n) is 8.27. The van der Waals surface area contributed by atoms with Gasteiger partial charge >= 0.3 is 0 Å². The van der Waals surface area contributed by atoms with Gasteiger partial charge in [0.1, 0.15) is 0 Å². The molecule has 176 valence electrons. The van der Waals surface area contributed by atoms with Crippen LogP contribution < -0.4 is 0 Å². The Balaban J connectivity index is 1.59. The van der Waals surface area contributed by atoms with Crippen LogP contribution in [-0.4, -0.2) is 0 Å². The number of halogens is 1. The van der Waals surface area contributed by atoms with Crippen LogP contribution in [0.2, 0.25) is 5.02 Å². The van der Waals surface area contributed by atoms with Crippen molar-refractivity contribution in [3.63, 3.8) is 0 Å². The van der Waals surface area contributed by atoms with Crippen molar-refractivity contribution < 1.29 is 0 Å². The highest BCUT2D eigenvalue weighted by atomic mass is 35.5. The maximum Gasteiger partial charge on any atom is 0.0754 e. The van der Waals surface area contributed by atoms with E-state index in [0.29, 0.717) is 5.92 Å². The van der Waals surface area contributed by atoms with Gasteiger partial charge in [-0.25, -0.2) is 0 Å². The molecular formula is C35H23ClS. The third kappa shape index (κ3) is 2.74. The van der Waals surface area contributed by atoms with E-state index < -0.39 is 5.41 Å². The van der Waals surface area contributed by atoms with Crippen molar-refractivity contribution in [3.8, 4) is 32.7 Å². The molecule has 3 aliphatic rings. The van der Waals surface area contributed by atoms with Crippen molar-refractivity contribution >= 4 is 22.9 Å². The van der Waals surface area contributed by atoms with Crippen molar-refractivity contribution in [1.29, 1.82) is 0 Å². The average molecular weight is 511 g/mol. The monoisotopic (exact) mass is 510 g/mol. The van der Waals surface area contributed by atoms with E-state index in [0.717, 1.165) is 11.4 Å². The second-order valence-corrected chi connectivity index (χ2v) is 11.5. The minimum absolute atomic E-state index is 0.367. The fourth-order valence-electron chi connectivity index (χ4n) is 6.91. The summed E-state index contributed by atoms with van der Waals surface area (Å²) >= 11 is 9.17. The number of hydrogen-bond donors (Lipinski definition) is 0. The number of fused-ring (bicyclic) bond motifs is 10. The first-order valence-electron chi connectivity index (χ1n) is 12.8. The summed E-state index contributed by atoms with van der Waals surface area (Å²) < 4.78 is 0. The van der Waals surface area contributed by atoms with Crippen LogP contribution in [0.25, 0.3) is 32.7 Å². The van der Waals surface area contributed by atoms with Gasteiger partial charge in [0.2, 0.25) is 0 Å². The van der Waals surface area contributed by atoms with Gasteiger partial charge in [-0.2, -0.15) is 0 Å². The molecule has 8 rings (SSSR count). The first-order chi connectivity index (χ1) is 18.3. The molecule has 1 aromatic heterocycles. The molecule has 2 atom stereocenters. The van der Waals surface area contributed by atoms with Crippen LogP contribution in [0.5, 0.6) is 0 Å². The lowest BCUT2D eigenvalue weighted by Crippen LogP contribution is -2.26. The van der Waals surface area contributed by atoms with Gasteiger partial charge in [-0.3, -0.25) is 0 Å². The van der Waals surface area contributed by atoms with Gasteiger partial charge in [0.05, 0.1) is 5.41 Å². The lowest BCUT2D eigenvalue weighted by atomic mass is 9.70. The minimum Gasteiger partial charge on any atom is -0.139 e. The Morgan fingerprint density at radius 2 is 1.38 bits per heavy atom. The average Bonchev–Trinajstić information content (AvgIpc) is 3.59. The molecule has 0 saturated heterocycles. The smallest absolute Gasteiger partial charge is 0.0754 e. The van der Waals surface area contributed by atoms with Crippen LogP contribution in [0, 0.1) is 0 Å². The van der Waals surface area contributed by atoms with Crippen LogP contribution in [0.3, 0.4) is 0 Å². The predicted molar refractivity (Wildman–Crippen MR) is 157 cm³/mol. The molecule has 0 amide bonds. The molecule has 2 unspecified atom stereocenters. The van der Waals surface area contributed by atoms with E-state index in [1.54, 1.807) is 0 Å². The lowest BCUT2D eigenvalue weighted by Gasteiger charge is -2.31. The number of thiophene rings is 1. The van der Waals surface area contributed by atoms with Gasteiger partial charge in [-0.15, -0.1) is 11.3 Å². The molecule has 37 heavy (non-hydrogen) atoms. The highest BCUT2D eigenvalue weighted by molar-refractivity contribution is 7.16. The highest BCUT2D eigenvalue weighted by Crippen LogP contribution is 2.68. The van der Waals surface area contributed by atoms with Crippen LogP contribution >= 0.6 is 22.9 Å². The van der Waals surface area contributed by atoms with E-state index >= 15 is 0 Å². The third-order valence-corrected chi connectivity index (χ3v) is 9.96. The molecule has 0 nitrogen and oxygen atoms in total. The summed E-state index contributed by atoms with van der Waals surface area (Å²) in [6.07, 6.45) is 10.1. The Morgan fingerprint density at radius 1 is 0.676 bits per heavy atom. The fraction of sp³-hybridized carbons (Fsp3) is 0.0857. The molecule has 2 heteroatoms. The summed E-state index contributed by atoms with van der Waals surface area (Å²) in [6.45, 7) is 0. The van der Waals surface area contributed by atoms with Crippen LogP contribution in [-0.2, 0) is 5.41 Å². The molecule has 3 aliphatic carbocycles. The van der Waals surface area contributed by atoms with Crippen molar-refractivity contribution in [1.82, 2.24) is 0 Å². The number of rotatable bonds is 2. The molecule has 0 saturated carbocycles. The topological polar surface area (TPSA) is 0 Å². The molecule has 1 heterocycles. The van der Waals surface area contributed by atoms with E-state index in [1.165, 1.54) is 59.8 Å². The quantitative estimate of drug-likeness (QED) is 0.217. The second-order valence-electron chi connectivity index (χ2n) is 10.1. The summed E-state index contributed by atoms with van der Waals surface area (Å²) in [7, 11) is 0. The molecular weight excluding hydrogens is 488 g/mol. The Morgan fingerprint density at radius 3 is 2.16 bits per heavy atom. The Kier molecular flexibility index (Phi) is 4.59. The van der Waals surface area contributed by atoms with Crippen LogP contribution in [0.4, 0.5) is 0 Å². The number of allylic oxidation sites excluding steroid dienone is 4. The van der Waals surface area contributed by atoms with E-state index in [1.807, 2.05) is 11.3 Å². The number of benzene rings is 4. The molecule has 0 aliphatic heterocycles. The van der Waals surface area contributed by atoms with Crippen molar-refractivity contribution in [2.75, 3.05) is 0 Å². The van der Waals surface area contributed by atoms with Gasteiger partial charge in [-0.05, 0) is 57.0 Å². The first kappa shape index (κ1) is 21.4. The van der Waals surface area contributed by atoms with Crippen LogP contribution in [0.15, 0.2) is 121 Å². The summed E-state index contributed by atoms with van der Waals surface area (Å²) in [5.74, 6) is 0.367. The summed E-state index contributed by atoms with van der Waals surface area (Å²) in [5.41, 5.74) is 11.4. The van der Waals surface area contributed by atoms with Gasteiger partial charge in [0.25, 0.3) is 0 Å². The molecule has 0 N–H and O–H groups in total. The van der Waals surface area contributed by atoms with E-state index in [9.17, 15) is 0 Å². The first-order valence-corrected chi connectivity index (χ1v) is 14.0. The van der Waals surface area contributed by atoms with Gasteiger partial charge in [0, 0.05) is 26.3 Å². The summed E-state index contributed by atoms with van der Waals surface area (Å²) in [6, 6.07) is 35.3. The van der Waals surface area contributed by atoms with Gasteiger partial charge < -0.3 is 0 Å². The van der Waals surface area contributed by atoms with Crippen molar-refractivity contribution in [3.05, 3.63) is 154 Å². The number of hydrogen-bond acceptors (Lipinski definition) is 1. The lowest BCUT2D eigenvalue weighted by molar-refractivity contribution is 0.797. The molecule has 4 aromatic carbocycles. The van der Waals surface area contributed by atoms with Gasteiger partial charge in [-0.1, -0.05) is 127 Å². The zero-order chi connectivity index (χ0) is 24.6. The minimum atomic E-state index is -0.440. The molecule has 0 radical (unpaired) electrons. The van der Waals surface area contributed by atoms with E-state index in [2.05, 4.69) is 121 Å². The zero-order valence-electron chi connectivity index (χ0n) is 20.1. The largest absolute Gasteiger partial charge is 0.139 e. The van der Waals surface area contributed by atoms with Crippen molar-refractivity contribution in [2.24, 2.45) is 0 Å². The van der Waals surface area contributed by atoms with E-state index in [4.69, 9.17) is 11.6 Å². The Hall–Kier alpha value is -3.65. The molecule has 1 spiro atoms. The van der Waals surface area contributed by atoms with Gasteiger partial charge in [0.15, 0.2) is 0 Å². The highest BCUT2D eigenvalue weighted by Gasteiger charge is 2.55. The predicted octanol–water partition coefficient (Wildman–Crippen LogP) is 10.0. The standard InChI is InChI=1S/C35H23ClS/c36-29-21-11-18-25-24-16-7-9-19-27(24)35(31(25)29)28-20-10-8-17-26(28)30-32(35)34(23-14-5-2-6-15-23)37-33(30)22-12-3-1-4-13-22/h1-12,14-22H,13H2. The molecule has 0 fully saturated rings. The fourth-order valence-corrected chi connectivity index (χ4v) is 8.70. The zero-order valence-corrected chi connectivity index (χ0v) is 21.7. The Labute approximate surface area is 226 Å². The maximum absolute atomic E-state index is 7.20.